The average Bonchev–Trinajstić information content (AvgIpc) is 2.86. The molecule has 0 amide bonds. The third-order valence-electron chi connectivity index (χ3n) is 3.81. The summed E-state index contributed by atoms with van der Waals surface area (Å²) in [4.78, 5) is 14.6. The number of carbonyl (C=O) groups is 1. The zero-order valence-electron chi connectivity index (χ0n) is 14.0. The lowest BCUT2D eigenvalue weighted by Crippen LogP contribution is -2.27. The van der Waals surface area contributed by atoms with E-state index < -0.39 is 0 Å². The maximum Gasteiger partial charge on any atom is 0.342 e. The summed E-state index contributed by atoms with van der Waals surface area (Å²) in [7, 11) is 1.59. The molecule has 2 aromatic rings. The van der Waals surface area contributed by atoms with Crippen molar-refractivity contribution in [2.24, 2.45) is 0 Å². The Labute approximate surface area is 142 Å². The number of rotatable bonds is 7. The summed E-state index contributed by atoms with van der Waals surface area (Å²) in [5.41, 5.74) is 1.14. The van der Waals surface area contributed by atoms with E-state index in [1.165, 1.54) is 0 Å². The van der Waals surface area contributed by atoms with Crippen molar-refractivity contribution in [2.75, 3.05) is 33.4 Å². The van der Waals surface area contributed by atoms with E-state index >= 15 is 0 Å². The first kappa shape index (κ1) is 19.3. The predicted molar refractivity (Wildman–Crippen MR) is 92.8 cm³/mol. The van der Waals surface area contributed by atoms with Gasteiger partial charge in [-0.25, -0.2) is 4.79 Å². The van der Waals surface area contributed by atoms with Gasteiger partial charge in [0.05, 0.1) is 7.11 Å². The number of ether oxygens (including phenoxy) is 2. The van der Waals surface area contributed by atoms with Crippen LogP contribution in [0.25, 0.3) is 11.0 Å². The molecule has 1 aromatic heterocycles. The van der Waals surface area contributed by atoms with Gasteiger partial charge in [-0.2, -0.15) is 0 Å². The van der Waals surface area contributed by atoms with Crippen LogP contribution in [0.15, 0.2) is 22.6 Å². The monoisotopic (exact) mass is 341 g/mol. The molecule has 0 atom stereocenters. The summed E-state index contributed by atoms with van der Waals surface area (Å²) >= 11 is 0. The Morgan fingerprint density at radius 2 is 1.96 bits per heavy atom. The van der Waals surface area contributed by atoms with Crippen LogP contribution in [-0.4, -0.2) is 44.2 Å². The van der Waals surface area contributed by atoms with Crippen LogP contribution >= 0.6 is 12.4 Å². The largest absolute Gasteiger partial charge is 0.497 e. The topological polar surface area (TPSA) is 51.9 Å². The molecular weight excluding hydrogens is 318 g/mol. The Hall–Kier alpha value is -1.72. The molecule has 0 aliphatic carbocycles. The van der Waals surface area contributed by atoms with Crippen molar-refractivity contribution in [3.05, 3.63) is 29.5 Å². The zero-order chi connectivity index (χ0) is 16.1. The quantitative estimate of drug-likeness (QED) is 0.719. The van der Waals surface area contributed by atoms with Crippen LogP contribution in [0.1, 0.15) is 30.0 Å². The lowest BCUT2D eigenvalue weighted by molar-refractivity contribution is 0.0466. The summed E-state index contributed by atoms with van der Waals surface area (Å²) in [6.45, 7) is 8.94. The minimum atomic E-state index is -0.350. The van der Waals surface area contributed by atoms with Crippen LogP contribution in [-0.2, 0) is 4.74 Å². The number of carbonyl (C=O) groups excluding carboxylic acids is 1. The zero-order valence-corrected chi connectivity index (χ0v) is 14.9. The molecule has 0 bridgehead atoms. The van der Waals surface area contributed by atoms with E-state index in [4.69, 9.17) is 13.9 Å². The molecule has 0 saturated carbocycles. The number of nitrogens with zero attached hydrogens (tertiary/aromatic N) is 1. The lowest BCUT2D eigenvalue weighted by Gasteiger charge is -2.17. The van der Waals surface area contributed by atoms with Gasteiger partial charge in [0.25, 0.3) is 0 Å². The molecule has 2 rings (SSSR count). The van der Waals surface area contributed by atoms with E-state index in [1.807, 2.05) is 0 Å². The minimum absolute atomic E-state index is 0. The number of halogens is 1. The Morgan fingerprint density at radius 3 is 2.57 bits per heavy atom. The molecule has 1 aromatic carbocycles. The van der Waals surface area contributed by atoms with Crippen LogP contribution in [0, 0.1) is 6.92 Å². The molecule has 0 fully saturated rings. The van der Waals surface area contributed by atoms with Crippen LogP contribution in [0.3, 0.4) is 0 Å². The van der Waals surface area contributed by atoms with Gasteiger partial charge in [0.1, 0.15) is 29.3 Å². The normalized spacial score (nSPS) is 10.7. The fourth-order valence-corrected chi connectivity index (χ4v) is 2.46. The van der Waals surface area contributed by atoms with E-state index in [9.17, 15) is 4.79 Å². The molecule has 1 heterocycles. The number of methoxy groups -OCH3 is 1. The molecule has 6 heteroatoms. The van der Waals surface area contributed by atoms with E-state index in [1.54, 1.807) is 32.2 Å². The first-order chi connectivity index (χ1) is 10.6. The average molecular weight is 342 g/mol. The number of furan rings is 1. The Bertz CT molecular complexity index is 649. The molecule has 128 valence electrons. The summed E-state index contributed by atoms with van der Waals surface area (Å²) in [6.07, 6.45) is 0. The van der Waals surface area contributed by atoms with E-state index in [2.05, 4.69) is 18.7 Å². The lowest BCUT2D eigenvalue weighted by atomic mass is 10.1. The number of fused-ring (bicyclic) bond motifs is 1. The molecule has 0 aliphatic rings. The molecule has 0 saturated heterocycles. The smallest absolute Gasteiger partial charge is 0.342 e. The van der Waals surface area contributed by atoms with Crippen molar-refractivity contribution in [3.8, 4) is 5.75 Å². The minimum Gasteiger partial charge on any atom is -0.497 e. The molecular formula is C17H24ClNO4. The van der Waals surface area contributed by atoms with E-state index in [0.29, 0.717) is 29.3 Å². The summed E-state index contributed by atoms with van der Waals surface area (Å²) in [6, 6.07) is 5.40. The highest BCUT2D eigenvalue weighted by molar-refractivity contribution is 6.04. The third kappa shape index (κ3) is 4.39. The van der Waals surface area contributed by atoms with Gasteiger partial charge in [0.15, 0.2) is 0 Å². The molecule has 5 nitrogen and oxygen atoms in total. The second-order valence-corrected chi connectivity index (χ2v) is 5.06. The third-order valence-corrected chi connectivity index (χ3v) is 3.81. The number of esters is 1. The SMILES string of the molecule is CCN(CC)CCOC(=O)c1c(C)oc2ccc(OC)cc12.Cl. The second kappa shape index (κ2) is 8.79. The first-order valence-electron chi connectivity index (χ1n) is 7.57. The highest BCUT2D eigenvalue weighted by Gasteiger charge is 2.20. The fourth-order valence-electron chi connectivity index (χ4n) is 2.46. The van der Waals surface area contributed by atoms with Crippen molar-refractivity contribution < 1.29 is 18.7 Å². The summed E-state index contributed by atoms with van der Waals surface area (Å²) in [5, 5.41) is 0.727. The molecule has 0 aliphatic heterocycles. The molecule has 0 N–H and O–H groups in total. The second-order valence-electron chi connectivity index (χ2n) is 5.06. The van der Waals surface area contributed by atoms with Crippen LogP contribution in [0.2, 0.25) is 0 Å². The van der Waals surface area contributed by atoms with E-state index in [0.717, 1.165) is 25.0 Å². The van der Waals surface area contributed by atoms with Crippen molar-refractivity contribution in [1.29, 1.82) is 0 Å². The number of hydrogen-bond acceptors (Lipinski definition) is 5. The van der Waals surface area contributed by atoms with Gasteiger partial charge in [-0.1, -0.05) is 13.8 Å². The maximum absolute atomic E-state index is 12.4. The first-order valence-corrected chi connectivity index (χ1v) is 7.57. The van der Waals surface area contributed by atoms with Gasteiger partial charge in [-0.15, -0.1) is 12.4 Å². The number of aryl methyl sites for hydroxylation is 1. The standard InChI is InChI=1S/C17H23NO4.ClH/c1-5-18(6-2)9-10-21-17(19)16-12(3)22-15-8-7-13(20-4)11-14(15)16;/h7-8,11H,5-6,9-10H2,1-4H3;1H. The fraction of sp³-hybridized carbons (Fsp3) is 0.471. The van der Waals surface area contributed by atoms with Gasteiger partial charge in [0.2, 0.25) is 0 Å². The summed E-state index contributed by atoms with van der Waals surface area (Å²) in [5.74, 6) is 0.901. The predicted octanol–water partition coefficient (Wildman–Crippen LogP) is 3.67. The maximum atomic E-state index is 12.4. The van der Waals surface area contributed by atoms with Crippen molar-refractivity contribution in [1.82, 2.24) is 4.90 Å². The highest BCUT2D eigenvalue weighted by Crippen LogP contribution is 2.29. The van der Waals surface area contributed by atoms with Gasteiger partial charge in [-0.05, 0) is 38.2 Å². The molecule has 0 radical (unpaired) electrons. The van der Waals surface area contributed by atoms with Gasteiger partial charge >= 0.3 is 5.97 Å². The number of hydrogen-bond donors (Lipinski definition) is 0. The van der Waals surface area contributed by atoms with Crippen LogP contribution in [0.4, 0.5) is 0 Å². The van der Waals surface area contributed by atoms with Crippen LogP contribution in [0.5, 0.6) is 5.75 Å². The summed E-state index contributed by atoms with van der Waals surface area (Å²) < 4.78 is 16.2. The highest BCUT2D eigenvalue weighted by atomic mass is 35.5. The molecule has 23 heavy (non-hydrogen) atoms. The van der Waals surface area contributed by atoms with Gasteiger partial charge in [-0.3, -0.25) is 0 Å². The molecule has 0 unspecified atom stereocenters. The van der Waals surface area contributed by atoms with E-state index in [-0.39, 0.29) is 18.4 Å². The van der Waals surface area contributed by atoms with Crippen molar-refractivity contribution >= 4 is 29.3 Å². The van der Waals surface area contributed by atoms with Gasteiger partial charge < -0.3 is 18.8 Å². The van der Waals surface area contributed by atoms with Gasteiger partial charge in [0, 0.05) is 11.9 Å². The Balaban J connectivity index is 0.00000264. The van der Waals surface area contributed by atoms with Crippen LogP contribution < -0.4 is 4.74 Å². The molecule has 0 spiro atoms. The van der Waals surface area contributed by atoms with Crippen molar-refractivity contribution in [3.63, 3.8) is 0 Å². The Morgan fingerprint density at radius 1 is 1.26 bits per heavy atom. The number of likely N-dealkylation sites (N-methyl/N-ethyl adjacent to an activating group) is 1. The Kier molecular flexibility index (Phi) is 7.39. The van der Waals surface area contributed by atoms with Crippen molar-refractivity contribution in [2.45, 2.75) is 20.8 Å². The number of benzene rings is 1.